The van der Waals surface area contributed by atoms with Crippen molar-refractivity contribution in [3.05, 3.63) is 53.8 Å². The van der Waals surface area contributed by atoms with E-state index in [2.05, 4.69) is 50.4 Å². The zero-order chi connectivity index (χ0) is 11.5. The van der Waals surface area contributed by atoms with Crippen LogP contribution < -0.4 is 0 Å². The first-order valence-electron chi connectivity index (χ1n) is 5.81. The van der Waals surface area contributed by atoms with E-state index in [1.54, 1.807) is 0 Å². The molecule has 1 aliphatic rings. The van der Waals surface area contributed by atoms with Crippen LogP contribution in [-0.2, 0) is 4.74 Å². The molecule has 1 aromatic carbocycles. The number of hydrogen-bond acceptors (Lipinski definition) is 1. The van der Waals surface area contributed by atoms with Gasteiger partial charge in [-0.2, -0.15) is 0 Å². The van der Waals surface area contributed by atoms with Crippen LogP contribution in [0.2, 0.25) is 0 Å². The molecule has 0 unspecified atom stereocenters. The minimum atomic E-state index is 0.179. The van der Waals surface area contributed by atoms with Gasteiger partial charge in [-0.05, 0) is 11.5 Å². The van der Waals surface area contributed by atoms with Gasteiger partial charge in [0.05, 0.1) is 12.2 Å². The van der Waals surface area contributed by atoms with Gasteiger partial charge in [-0.15, -0.1) is 5.73 Å². The zero-order valence-electron chi connectivity index (χ0n) is 9.94. The maximum absolute atomic E-state index is 6.07. The molecular formula is C15H18O. The monoisotopic (exact) mass is 214 g/mol. The summed E-state index contributed by atoms with van der Waals surface area (Å²) in [6.07, 6.45) is 1.29. The normalized spacial score (nSPS) is 24.8. The Bertz CT molecular complexity index is 399. The molecule has 0 aromatic heterocycles. The van der Waals surface area contributed by atoms with Crippen LogP contribution in [0.3, 0.4) is 0 Å². The largest absolute Gasteiger partial charge is 0.365 e. The van der Waals surface area contributed by atoms with Crippen LogP contribution in [0.1, 0.15) is 31.9 Å². The summed E-state index contributed by atoms with van der Waals surface area (Å²) in [5.74, 6) is 0.484. The second-order valence-corrected chi connectivity index (χ2v) is 4.61. The Labute approximate surface area is 97.4 Å². The average molecular weight is 214 g/mol. The molecule has 1 heterocycles. The molecule has 84 valence electrons. The van der Waals surface area contributed by atoms with Crippen molar-refractivity contribution in [1.82, 2.24) is 0 Å². The molecule has 0 aliphatic carbocycles. The first kappa shape index (κ1) is 11.2. The van der Waals surface area contributed by atoms with Gasteiger partial charge in [0, 0.05) is 12.0 Å². The fourth-order valence-electron chi connectivity index (χ4n) is 2.22. The van der Waals surface area contributed by atoms with Crippen molar-refractivity contribution in [1.29, 1.82) is 0 Å². The van der Waals surface area contributed by atoms with Crippen LogP contribution in [-0.4, -0.2) is 6.10 Å². The van der Waals surface area contributed by atoms with Crippen molar-refractivity contribution in [2.75, 3.05) is 0 Å². The maximum Gasteiger partial charge on any atom is 0.0890 e. The van der Waals surface area contributed by atoms with Crippen molar-refractivity contribution in [2.24, 2.45) is 5.92 Å². The van der Waals surface area contributed by atoms with Crippen molar-refractivity contribution in [2.45, 2.75) is 32.5 Å². The summed E-state index contributed by atoms with van der Waals surface area (Å²) in [5.41, 5.74) is 5.50. The second kappa shape index (κ2) is 4.69. The lowest BCUT2D eigenvalue weighted by Gasteiger charge is -2.16. The zero-order valence-corrected chi connectivity index (χ0v) is 9.94. The smallest absolute Gasteiger partial charge is 0.0890 e. The van der Waals surface area contributed by atoms with E-state index >= 15 is 0 Å². The van der Waals surface area contributed by atoms with Crippen LogP contribution in [0.15, 0.2) is 48.2 Å². The van der Waals surface area contributed by atoms with Gasteiger partial charge >= 0.3 is 0 Å². The van der Waals surface area contributed by atoms with Crippen molar-refractivity contribution in [3.63, 3.8) is 0 Å². The summed E-state index contributed by atoms with van der Waals surface area (Å²) in [5, 5.41) is 0. The van der Waals surface area contributed by atoms with Crippen LogP contribution in [0, 0.1) is 5.92 Å². The van der Waals surface area contributed by atoms with Crippen LogP contribution >= 0.6 is 0 Å². The van der Waals surface area contributed by atoms with E-state index in [0.717, 1.165) is 6.42 Å². The molecule has 1 heteroatoms. The summed E-state index contributed by atoms with van der Waals surface area (Å²) in [4.78, 5) is 0. The molecule has 0 bridgehead atoms. The number of hydrogen-bond donors (Lipinski definition) is 0. The van der Waals surface area contributed by atoms with Gasteiger partial charge in [0.1, 0.15) is 0 Å². The summed E-state index contributed by atoms with van der Waals surface area (Å²) < 4.78 is 6.07. The van der Waals surface area contributed by atoms with Gasteiger partial charge in [-0.3, -0.25) is 0 Å². The highest BCUT2D eigenvalue weighted by Crippen LogP contribution is 2.38. The van der Waals surface area contributed by atoms with Crippen molar-refractivity contribution >= 4 is 0 Å². The van der Waals surface area contributed by atoms with E-state index < -0.39 is 0 Å². The van der Waals surface area contributed by atoms with Gasteiger partial charge in [-0.1, -0.05) is 50.8 Å². The molecule has 1 saturated heterocycles. The van der Waals surface area contributed by atoms with Crippen LogP contribution in [0.25, 0.3) is 0 Å². The SMILES string of the molecule is C=C=C1C[C@@H](c2ccccc2)O[C@H]1C(C)C. The van der Waals surface area contributed by atoms with E-state index in [0.29, 0.717) is 5.92 Å². The molecule has 1 nitrogen and oxygen atoms in total. The highest BCUT2D eigenvalue weighted by atomic mass is 16.5. The Hall–Kier alpha value is -1.30. The first-order valence-corrected chi connectivity index (χ1v) is 5.81. The Balaban J connectivity index is 2.21. The highest BCUT2D eigenvalue weighted by molar-refractivity contribution is 5.24. The van der Waals surface area contributed by atoms with E-state index in [1.165, 1.54) is 11.1 Å². The van der Waals surface area contributed by atoms with Crippen molar-refractivity contribution < 1.29 is 4.74 Å². The summed E-state index contributed by atoms with van der Waals surface area (Å²) in [6, 6.07) is 10.4. The third kappa shape index (κ3) is 2.11. The minimum Gasteiger partial charge on any atom is -0.365 e. The standard InChI is InChI=1S/C15H18O/c1-4-12-10-14(16-15(12)11(2)3)13-8-6-5-7-9-13/h5-9,11,14-15H,1,10H2,2-3H3/t14-,15-/m0/s1. The molecule has 0 amide bonds. The second-order valence-electron chi connectivity index (χ2n) is 4.61. The van der Waals surface area contributed by atoms with Crippen LogP contribution in [0.5, 0.6) is 0 Å². The Kier molecular flexibility index (Phi) is 3.28. The molecule has 2 atom stereocenters. The molecule has 0 spiro atoms. The topological polar surface area (TPSA) is 9.23 Å². The molecule has 0 saturated carbocycles. The van der Waals surface area contributed by atoms with Gasteiger partial charge in [0.2, 0.25) is 0 Å². The van der Waals surface area contributed by atoms with Gasteiger partial charge in [0.25, 0.3) is 0 Å². The van der Waals surface area contributed by atoms with E-state index in [4.69, 9.17) is 4.74 Å². The molecule has 2 rings (SSSR count). The van der Waals surface area contributed by atoms with E-state index in [-0.39, 0.29) is 12.2 Å². The average Bonchev–Trinajstić information content (AvgIpc) is 2.74. The molecular weight excluding hydrogens is 196 g/mol. The summed E-state index contributed by atoms with van der Waals surface area (Å²) in [7, 11) is 0. The lowest BCUT2D eigenvalue weighted by molar-refractivity contribution is 0.0278. The molecule has 1 aromatic rings. The number of benzene rings is 1. The molecule has 0 radical (unpaired) electrons. The van der Waals surface area contributed by atoms with Crippen molar-refractivity contribution in [3.8, 4) is 0 Å². The number of rotatable bonds is 2. The van der Waals surface area contributed by atoms with Gasteiger partial charge < -0.3 is 4.74 Å². The highest BCUT2D eigenvalue weighted by Gasteiger charge is 2.32. The fourth-order valence-corrected chi connectivity index (χ4v) is 2.22. The molecule has 16 heavy (non-hydrogen) atoms. The predicted octanol–water partition coefficient (Wildman–Crippen LogP) is 3.88. The van der Waals surface area contributed by atoms with E-state index in [9.17, 15) is 0 Å². The lowest BCUT2D eigenvalue weighted by atomic mass is 9.97. The Morgan fingerprint density at radius 3 is 2.50 bits per heavy atom. The Morgan fingerprint density at radius 2 is 2.00 bits per heavy atom. The minimum absolute atomic E-state index is 0.179. The molecule has 0 N–H and O–H groups in total. The molecule has 1 fully saturated rings. The van der Waals surface area contributed by atoms with Gasteiger partial charge in [0.15, 0.2) is 0 Å². The third-order valence-electron chi connectivity index (χ3n) is 3.06. The quantitative estimate of drug-likeness (QED) is 0.679. The lowest BCUT2D eigenvalue weighted by Crippen LogP contribution is -2.15. The fraction of sp³-hybridized carbons (Fsp3) is 0.400. The van der Waals surface area contributed by atoms with Crippen LogP contribution in [0.4, 0.5) is 0 Å². The maximum atomic E-state index is 6.07. The number of ether oxygens (including phenoxy) is 1. The molecule has 1 aliphatic heterocycles. The van der Waals surface area contributed by atoms with E-state index in [1.807, 2.05) is 6.07 Å². The third-order valence-corrected chi connectivity index (χ3v) is 3.06. The summed E-state index contributed by atoms with van der Waals surface area (Å²) >= 11 is 0. The van der Waals surface area contributed by atoms with Gasteiger partial charge in [-0.25, -0.2) is 0 Å². The Morgan fingerprint density at radius 1 is 1.31 bits per heavy atom. The predicted molar refractivity (Wildman–Crippen MR) is 66.2 cm³/mol. The summed E-state index contributed by atoms with van der Waals surface area (Å²) in [6.45, 7) is 8.11. The first-order chi connectivity index (χ1) is 7.72.